The van der Waals surface area contributed by atoms with Crippen LogP contribution in [0.4, 0.5) is 0 Å². The summed E-state index contributed by atoms with van der Waals surface area (Å²) in [6.07, 6.45) is 1.71. The molecular formula is C9H8N4. The molecule has 0 spiro atoms. The molecule has 0 aliphatic carbocycles. The van der Waals surface area contributed by atoms with Crippen LogP contribution in [0.1, 0.15) is 17.0 Å². The summed E-state index contributed by atoms with van der Waals surface area (Å²) in [6, 6.07) is 3.84. The van der Waals surface area contributed by atoms with Crippen molar-refractivity contribution in [3.8, 4) is 6.07 Å². The maximum atomic E-state index is 8.84. The molecule has 13 heavy (non-hydrogen) atoms. The number of rotatable bonds is 0. The number of hydrogen-bond acceptors (Lipinski definition) is 3. The number of hydrogen-bond donors (Lipinski definition) is 0. The maximum absolute atomic E-state index is 8.84. The molecule has 0 fully saturated rings. The van der Waals surface area contributed by atoms with E-state index in [2.05, 4.69) is 16.2 Å². The summed E-state index contributed by atoms with van der Waals surface area (Å²) < 4.78 is 1.69. The van der Waals surface area contributed by atoms with Crippen LogP contribution in [0.25, 0.3) is 5.65 Å². The zero-order valence-electron chi connectivity index (χ0n) is 7.44. The first kappa shape index (κ1) is 7.74. The number of fused-ring (bicyclic) bond motifs is 1. The lowest BCUT2D eigenvalue weighted by atomic mass is 10.3. The van der Waals surface area contributed by atoms with Crippen molar-refractivity contribution in [1.82, 2.24) is 14.6 Å². The van der Waals surface area contributed by atoms with Gasteiger partial charge < -0.3 is 0 Å². The van der Waals surface area contributed by atoms with Gasteiger partial charge in [-0.05, 0) is 19.9 Å². The Morgan fingerprint density at radius 3 is 2.92 bits per heavy atom. The third-order valence-corrected chi connectivity index (χ3v) is 1.88. The molecule has 0 aliphatic rings. The minimum absolute atomic E-state index is 0.570. The molecule has 0 N–H and O–H groups in total. The lowest BCUT2D eigenvalue weighted by Gasteiger charge is -1.98. The van der Waals surface area contributed by atoms with Crippen LogP contribution in [0.5, 0.6) is 0 Å². The molecular weight excluding hydrogens is 164 g/mol. The van der Waals surface area contributed by atoms with Gasteiger partial charge in [0.1, 0.15) is 6.07 Å². The third-order valence-electron chi connectivity index (χ3n) is 1.88. The highest BCUT2D eigenvalue weighted by atomic mass is 15.3. The van der Waals surface area contributed by atoms with Gasteiger partial charge in [-0.1, -0.05) is 0 Å². The van der Waals surface area contributed by atoms with E-state index >= 15 is 0 Å². The van der Waals surface area contributed by atoms with Crippen molar-refractivity contribution in [2.45, 2.75) is 13.8 Å². The van der Waals surface area contributed by atoms with E-state index in [4.69, 9.17) is 5.26 Å². The van der Waals surface area contributed by atoms with Gasteiger partial charge >= 0.3 is 0 Å². The maximum Gasteiger partial charge on any atom is 0.171 e. The molecule has 64 valence electrons. The zero-order valence-corrected chi connectivity index (χ0v) is 7.44. The second-order valence-corrected chi connectivity index (χ2v) is 2.95. The van der Waals surface area contributed by atoms with Crippen LogP contribution in [-0.2, 0) is 0 Å². The molecule has 0 atom stereocenters. The number of nitrogens with zero attached hydrogens (tertiary/aromatic N) is 4. The van der Waals surface area contributed by atoms with Crippen LogP contribution in [0.2, 0.25) is 0 Å². The zero-order chi connectivity index (χ0) is 9.42. The first-order valence-corrected chi connectivity index (χ1v) is 3.94. The summed E-state index contributed by atoms with van der Waals surface area (Å²) in [6.45, 7) is 3.77. The molecule has 0 bridgehead atoms. The molecule has 0 saturated heterocycles. The second kappa shape index (κ2) is 2.56. The molecule has 2 heterocycles. The smallest absolute Gasteiger partial charge is 0.171 e. The van der Waals surface area contributed by atoms with E-state index in [0.29, 0.717) is 11.2 Å². The Bertz CT molecular complexity index is 504. The minimum atomic E-state index is 0.570. The molecule has 0 aromatic carbocycles. The molecule has 4 nitrogen and oxygen atoms in total. The Kier molecular flexibility index (Phi) is 1.52. The van der Waals surface area contributed by atoms with Crippen LogP contribution >= 0.6 is 0 Å². The van der Waals surface area contributed by atoms with Crippen LogP contribution in [0.15, 0.2) is 12.3 Å². The SMILES string of the molecule is Cc1cc(C#N)c2ncc(C)n2n1. The van der Waals surface area contributed by atoms with E-state index in [-0.39, 0.29) is 0 Å². The molecule has 2 aromatic rings. The second-order valence-electron chi connectivity index (χ2n) is 2.95. The molecule has 0 aliphatic heterocycles. The van der Waals surface area contributed by atoms with Gasteiger partial charge in [0.2, 0.25) is 0 Å². The summed E-state index contributed by atoms with van der Waals surface area (Å²) in [4.78, 5) is 4.11. The van der Waals surface area contributed by atoms with Crippen molar-refractivity contribution in [2.24, 2.45) is 0 Å². The average molecular weight is 172 g/mol. The topological polar surface area (TPSA) is 54.0 Å². The van der Waals surface area contributed by atoms with Crippen LogP contribution in [0.3, 0.4) is 0 Å². The molecule has 2 rings (SSSR count). The summed E-state index contributed by atoms with van der Waals surface area (Å²) in [5.74, 6) is 0. The van der Waals surface area contributed by atoms with Crippen molar-refractivity contribution in [3.63, 3.8) is 0 Å². The minimum Gasteiger partial charge on any atom is -0.234 e. The molecule has 4 heteroatoms. The normalized spacial score (nSPS) is 10.2. The largest absolute Gasteiger partial charge is 0.234 e. The van der Waals surface area contributed by atoms with E-state index in [9.17, 15) is 0 Å². The molecule has 0 amide bonds. The van der Waals surface area contributed by atoms with Crippen molar-refractivity contribution < 1.29 is 0 Å². The van der Waals surface area contributed by atoms with Crippen molar-refractivity contribution in [1.29, 1.82) is 5.26 Å². The first-order valence-electron chi connectivity index (χ1n) is 3.94. The molecule has 0 saturated carbocycles. The van der Waals surface area contributed by atoms with Gasteiger partial charge in [-0.2, -0.15) is 10.4 Å². The predicted molar refractivity (Wildman–Crippen MR) is 47.2 cm³/mol. The van der Waals surface area contributed by atoms with Crippen LogP contribution < -0.4 is 0 Å². The lowest BCUT2D eigenvalue weighted by Crippen LogP contribution is -1.98. The number of nitriles is 1. The summed E-state index contributed by atoms with van der Waals surface area (Å²) in [5.41, 5.74) is 2.96. The first-order chi connectivity index (χ1) is 6.22. The van der Waals surface area contributed by atoms with E-state index in [1.165, 1.54) is 0 Å². The van der Waals surface area contributed by atoms with E-state index in [1.807, 2.05) is 13.8 Å². The van der Waals surface area contributed by atoms with Gasteiger partial charge in [0.15, 0.2) is 5.65 Å². The summed E-state index contributed by atoms with van der Waals surface area (Å²) in [5, 5.41) is 13.1. The van der Waals surface area contributed by atoms with E-state index in [1.54, 1.807) is 16.8 Å². The highest BCUT2D eigenvalue weighted by molar-refractivity contribution is 5.55. The molecule has 0 unspecified atom stereocenters. The van der Waals surface area contributed by atoms with Crippen LogP contribution in [-0.4, -0.2) is 14.6 Å². The fourth-order valence-electron chi connectivity index (χ4n) is 1.28. The van der Waals surface area contributed by atoms with Gasteiger partial charge in [-0.25, -0.2) is 9.50 Å². The van der Waals surface area contributed by atoms with Crippen molar-refractivity contribution in [2.75, 3.05) is 0 Å². The Morgan fingerprint density at radius 1 is 1.46 bits per heavy atom. The fourth-order valence-corrected chi connectivity index (χ4v) is 1.28. The Labute approximate surface area is 75.4 Å². The lowest BCUT2D eigenvalue weighted by molar-refractivity contribution is 0.868. The highest BCUT2D eigenvalue weighted by Gasteiger charge is 2.06. The van der Waals surface area contributed by atoms with Gasteiger partial charge in [0.05, 0.1) is 23.1 Å². The number of aryl methyl sites for hydroxylation is 2. The van der Waals surface area contributed by atoms with E-state index < -0.39 is 0 Å². The van der Waals surface area contributed by atoms with Gasteiger partial charge in [-0.15, -0.1) is 0 Å². The standard InChI is InChI=1S/C9H8N4/c1-6-3-8(4-10)9-11-5-7(2)13(9)12-6/h3,5H,1-2H3. The predicted octanol–water partition coefficient (Wildman–Crippen LogP) is 1.22. The third kappa shape index (κ3) is 1.05. The van der Waals surface area contributed by atoms with Crippen molar-refractivity contribution >= 4 is 5.65 Å². The average Bonchev–Trinajstić information content (AvgIpc) is 2.47. The number of imidazole rings is 1. The van der Waals surface area contributed by atoms with Gasteiger partial charge in [0.25, 0.3) is 0 Å². The van der Waals surface area contributed by atoms with Crippen LogP contribution in [0, 0.1) is 25.2 Å². The Morgan fingerprint density at radius 2 is 2.23 bits per heavy atom. The van der Waals surface area contributed by atoms with E-state index in [0.717, 1.165) is 11.4 Å². The highest BCUT2D eigenvalue weighted by Crippen LogP contribution is 2.10. The van der Waals surface area contributed by atoms with Crippen molar-refractivity contribution in [3.05, 3.63) is 29.2 Å². The number of aromatic nitrogens is 3. The Balaban J connectivity index is 2.94. The fraction of sp³-hybridized carbons (Fsp3) is 0.222. The Hall–Kier alpha value is -1.89. The summed E-state index contributed by atoms with van der Waals surface area (Å²) in [7, 11) is 0. The molecule has 0 radical (unpaired) electrons. The van der Waals surface area contributed by atoms with Gasteiger partial charge in [-0.3, -0.25) is 0 Å². The van der Waals surface area contributed by atoms with Gasteiger partial charge in [0, 0.05) is 0 Å². The molecule has 2 aromatic heterocycles. The monoisotopic (exact) mass is 172 g/mol. The quantitative estimate of drug-likeness (QED) is 0.600. The summed E-state index contributed by atoms with van der Waals surface area (Å²) >= 11 is 0.